The van der Waals surface area contributed by atoms with Crippen LogP contribution in [-0.4, -0.2) is 15.4 Å². The maximum atomic E-state index is 13.0. The van der Waals surface area contributed by atoms with E-state index in [2.05, 4.69) is 26.6 Å². The fraction of sp³-hybridized carbons (Fsp3) is 0.455. The molecule has 0 amide bonds. The molecular weight excluding hydrogens is 190 g/mol. The highest BCUT2D eigenvalue weighted by molar-refractivity contribution is 6.85. The molecule has 0 atom stereocenters. The number of hydrogen-bond acceptors (Lipinski definition) is 0. The van der Waals surface area contributed by atoms with Gasteiger partial charge in [0.05, 0.1) is 0 Å². The van der Waals surface area contributed by atoms with Gasteiger partial charge in [-0.15, -0.1) is 0 Å². The van der Waals surface area contributed by atoms with Crippen LogP contribution in [-0.2, 0) is 0 Å². The molecule has 0 aliphatic rings. The summed E-state index contributed by atoms with van der Waals surface area (Å²) in [6.07, 6.45) is 0. The van der Waals surface area contributed by atoms with Crippen molar-refractivity contribution in [2.45, 2.75) is 32.5 Å². The Kier molecular flexibility index (Phi) is 3.54. The molecule has 1 aromatic rings. The summed E-state index contributed by atoms with van der Waals surface area (Å²) in [6, 6.07) is 5.08. The van der Waals surface area contributed by atoms with Gasteiger partial charge in [-0.2, -0.15) is 0 Å². The Morgan fingerprint density at radius 2 is 1.93 bits per heavy atom. The average molecular weight is 208 g/mol. The summed E-state index contributed by atoms with van der Waals surface area (Å²) in [5, 5.41) is 0. The zero-order valence-electron chi connectivity index (χ0n) is 9.52. The molecule has 3 heteroatoms. The molecule has 0 saturated heterocycles. The third-order valence-corrected chi connectivity index (χ3v) is 4.21. The van der Waals surface area contributed by atoms with E-state index in [1.807, 2.05) is 6.07 Å². The van der Waals surface area contributed by atoms with E-state index in [1.54, 1.807) is 6.07 Å². The van der Waals surface area contributed by atoms with Crippen LogP contribution in [0, 0.1) is 12.7 Å². The van der Waals surface area contributed by atoms with Crippen molar-refractivity contribution in [3.05, 3.63) is 29.6 Å². The van der Waals surface area contributed by atoms with Gasteiger partial charge in [0, 0.05) is 8.07 Å². The summed E-state index contributed by atoms with van der Waals surface area (Å²) < 4.78 is 13.0. The molecule has 0 spiro atoms. The van der Waals surface area contributed by atoms with E-state index < -0.39 is 8.07 Å². The van der Waals surface area contributed by atoms with E-state index in [4.69, 9.17) is 0 Å². The molecule has 0 aliphatic carbocycles. The summed E-state index contributed by atoms with van der Waals surface area (Å²) in [6.45, 7) is 9.10. The van der Waals surface area contributed by atoms with Gasteiger partial charge in [0.1, 0.15) is 5.82 Å². The molecule has 0 heterocycles. The molecule has 1 rings (SSSR count). The molecular formula is C11H18BFSi. The van der Waals surface area contributed by atoms with Crippen molar-refractivity contribution in [2.24, 2.45) is 0 Å². The van der Waals surface area contributed by atoms with Crippen molar-refractivity contribution >= 4 is 20.8 Å². The third kappa shape index (κ3) is 3.66. The fourth-order valence-electron chi connectivity index (χ4n) is 1.42. The quantitative estimate of drug-likeness (QED) is 0.669. The van der Waals surface area contributed by atoms with Crippen molar-refractivity contribution < 1.29 is 4.39 Å². The Morgan fingerprint density at radius 1 is 1.29 bits per heavy atom. The number of benzene rings is 1. The summed E-state index contributed by atoms with van der Waals surface area (Å²) in [5.74, 6) is 1.12. The summed E-state index contributed by atoms with van der Waals surface area (Å²) in [7, 11) is 0.0243. The molecule has 0 saturated carbocycles. The van der Waals surface area contributed by atoms with Crippen LogP contribution in [0.3, 0.4) is 0 Å². The molecule has 0 radical (unpaired) electrons. The predicted octanol–water partition coefficient (Wildman–Crippen LogP) is 2.49. The smallest absolute Gasteiger partial charge is 0.155 e. The van der Waals surface area contributed by atoms with E-state index in [0.717, 1.165) is 7.28 Å². The highest BCUT2D eigenvalue weighted by atomic mass is 28.3. The first kappa shape index (κ1) is 11.5. The van der Waals surface area contributed by atoms with Gasteiger partial charge >= 0.3 is 0 Å². The minimum Gasteiger partial charge on any atom is -0.207 e. The Labute approximate surface area is 87.8 Å². The minimum absolute atomic E-state index is 0.110. The zero-order chi connectivity index (χ0) is 10.8. The first-order valence-electron chi connectivity index (χ1n) is 5.13. The van der Waals surface area contributed by atoms with Gasteiger partial charge in [0.2, 0.25) is 0 Å². The predicted molar refractivity (Wildman–Crippen MR) is 66.1 cm³/mol. The molecule has 14 heavy (non-hydrogen) atoms. The molecule has 0 unspecified atom stereocenters. The van der Waals surface area contributed by atoms with Gasteiger partial charge < -0.3 is 0 Å². The first-order chi connectivity index (χ1) is 6.38. The summed E-state index contributed by atoms with van der Waals surface area (Å²) >= 11 is 0. The maximum Gasteiger partial charge on any atom is 0.155 e. The van der Waals surface area contributed by atoms with Crippen molar-refractivity contribution in [3.8, 4) is 0 Å². The number of halogens is 1. The van der Waals surface area contributed by atoms with Crippen LogP contribution < -0.4 is 5.46 Å². The standard InChI is InChI=1S/C11H18BFSi/c1-9-5-6-10(13)7-11(9)12-8-14(2,3)4/h5-7,12H,8H2,1-4H3. The lowest BCUT2D eigenvalue weighted by atomic mass is 9.70. The SMILES string of the molecule is Cc1ccc(F)cc1BC[Si](C)(C)C. The van der Waals surface area contributed by atoms with Gasteiger partial charge in [0.25, 0.3) is 0 Å². The van der Waals surface area contributed by atoms with E-state index in [-0.39, 0.29) is 5.82 Å². The van der Waals surface area contributed by atoms with Crippen LogP contribution in [0.5, 0.6) is 0 Å². The van der Waals surface area contributed by atoms with E-state index in [0.29, 0.717) is 0 Å². The van der Waals surface area contributed by atoms with E-state index >= 15 is 0 Å². The first-order valence-corrected chi connectivity index (χ1v) is 8.84. The monoisotopic (exact) mass is 208 g/mol. The average Bonchev–Trinajstić information content (AvgIpc) is 2.05. The second-order valence-corrected chi connectivity index (χ2v) is 10.8. The molecule has 0 fully saturated rings. The normalized spacial score (nSPS) is 11.5. The Bertz CT molecular complexity index is 318. The zero-order valence-corrected chi connectivity index (χ0v) is 10.5. The van der Waals surface area contributed by atoms with Crippen molar-refractivity contribution in [1.29, 1.82) is 0 Å². The lowest BCUT2D eigenvalue weighted by molar-refractivity contribution is 0.628. The molecule has 0 nitrogen and oxygen atoms in total. The molecule has 0 N–H and O–H groups in total. The Morgan fingerprint density at radius 3 is 2.50 bits per heavy atom. The van der Waals surface area contributed by atoms with Gasteiger partial charge in [-0.1, -0.05) is 42.7 Å². The van der Waals surface area contributed by atoms with Crippen LogP contribution in [0.15, 0.2) is 18.2 Å². The highest BCUT2D eigenvalue weighted by Crippen LogP contribution is 2.07. The van der Waals surface area contributed by atoms with Crippen molar-refractivity contribution in [2.75, 3.05) is 0 Å². The second-order valence-electron chi connectivity index (χ2n) is 5.13. The van der Waals surface area contributed by atoms with E-state index in [9.17, 15) is 4.39 Å². The minimum atomic E-state index is -1.00. The van der Waals surface area contributed by atoms with Gasteiger partial charge in [-0.05, 0) is 19.1 Å². The molecule has 1 aromatic carbocycles. The largest absolute Gasteiger partial charge is 0.207 e. The second kappa shape index (κ2) is 4.30. The Hall–Kier alpha value is -0.568. The number of aryl methyl sites for hydroxylation is 1. The third-order valence-electron chi connectivity index (χ3n) is 2.46. The van der Waals surface area contributed by atoms with Crippen LogP contribution in [0.2, 0.25) is 25.6 Å². The summed E-state index contributed by atoms with van der Waals surface area (Å²) in [4.78, 5) is 0. The lowest BCUT2D eigenvalue weighted by Gasteiger charge is -2.15. The number of rotatable bonds is 3. The Balaban J connectivity index is 2.72. The molecule has 76 valence electrons. The highest BCUT2D eigenvalue weighted by Gasteiger charge is 2.14. The summed E-state index contributed by atoms with van der Waals surface area (Å²) in [5.41, 5.74) is 2.39. The fourth-order valence-corrected chi connectivity index (χ4v) is 2.44. The van der Waals surface area contributed by atoms with Crippen LogP contribution in [0.4, 0.5) is 4.39 Å². The molecule has 0 aromatic heterocycles. The van der Waals surface area contributed by atoms with Gasteiger partial charge in [-0.3, -0.25) is 0 Å². The van der Waals surface area contributed by atoms with Gasteiger partial charge in [-0.25, -0.2) is 4.39 Å². The van der Waals surface area contributed by atoms with E-state index in [1.165, 1.54) is 23.0 Å². The topological polar surface area (TPSA) is 0 Å². The maximum absolute atomic E-state index is 13.0. The number of hydrogen-bond donors (Lipinski definition) is 0. The van der Waals surface area contributed by atoms with Crippen molar-refractivity contribution in [3.63, 3.8) is 0 Å². The van der Waals surface area contributed by atoms with Crippen LogP contribution >= 0.6 is 0 Å². The van der Waals surface area contributed by atoms with Gasteiger partial charge in [0.15, 0.2) is 7.28 Å². The molecule has 0 bridgehead atoms. The lowest BCUT2D eigenvalue weighted by Crippen LogP contribution is -2.29. The molecule has 0 aliphatic heterocycles. The van der Waals surface area contributed by atoms with Crippen LogP contribution in [0.25, 0.3) is 0 Å². The van der Waals surface area contributed by atoms with Crippen LogP contribution in [0.1, 0.15) is 5.56 Å². The van der Waals surface area contributed by atoms with Crippen molar-refractivity contribution in [1.82, 2.24) is 0 Å².